The zero-order valence-electron chi connectivity index (χ0n) is 16.5. The molecule has 1 saturated heterocycles. The average molecular weight is 379 g/mol. The predicted octanol–water partition coefficient (Wildman–Crippen LogP) is 2.60. The fourth-order valence-electron chi connectivity index (χ4n) is 3.70. The van der Waals surface area contributed by atoms with E-state index in [0.717, 1.165) is 41.1 Å². The Morgan fingerprint density at radius 2 is 2.00 bits per heavy atom. The summed E-state index contributed by atoms with van der Waals surface area (Å²) in [5, 5.41) is 8.35. The van der Waals surface area contributed by atoms with Gasteiger partial charge in [-0.1, -0.05) is 18.2 Å². The Morgan fingerprint density at radius 1 is 1.25 bits per heavy atom. The lowest BCUT2D eigenvalue weighted by Crippen LogP contribution is -2.37. The van der Waals surface area contributed by atoms with Crippen molar-refractivity contribution in [3.63, 3.8) is 0 Å². The largest absolute Gasteiger partial charge is 0.378 e. The van der Waals surface area contributed by atoms with Gasteiger partial charge in [0.2, 0.25) is 0 Å². The first kappa shape index (κ1) is 18.4. The second-order valence-electron chi connectivity index (χ2n) is 7.18. The number of nitrogens with zero attached hydrogens (tertiary/aromatic N) is 4. The summed E-state index contributed by atoms with van der Waals surface area (Å²) in [5.74, 6) is 0.709. The molecule has 1 atom stereocenters. The molecule has 7 heteroatoms. The number of ether oxygens (including phenoxy) is 1. The van der Waals surface area contributed by atoms with Gasteiger partial charge in [0, 0.05) is 37.3 Å². The summed E-state index contributed by atoms with van der Waals surface area (Å²) in [5.41, 5.74) is 3.40. The Morgan fingerprint density at radius 3 is 2.71 bits per heavy atom. The molecule has 4 rings (SSSR count). The summed E-state index contributed by atoms with van der Waals surface area (Å²) in [6.07, 6.45) is 1.95. The number of benzene rings is 1. The smallest absolute Gasteiger partial charge is 0.252 e. The van der Waals surface area contributed by atoms with Crippen LogP contribution in [0.1, 0.15) is 34.6 Å². The molecule has 1 N–H and O–H groups in total. The molecule has 3 heterocycles. The third-order valence-electron chi connectivity index (χ3n) is 5.15. The van der Waals surface area contributed by atoms with E-state index in [9.17, 15) is 4.79 Å². The van der Waals surface area contributed by atoms with Crippen molar-refractivity contribution in [2.45, 2.75) is 19.9 Å². The normalized spacial score (nSPS) is 15.6. The SMILES string of the molecule is Cc1nn(C)cc1[C@@H](C)NC(=O)c1cc(N2CCOCC2)nc2ccccc12. The second-order valence-corrected chi connectivity index (χ2v) is 7.18. The van der Waals surface area contributed by atoms with Crippen LogP contribution in [0.25, 0.3) is 10.9 Å². The van der Waals surface area contributed by atoms with Gasteiger partial charge in [0.15, 0.2) is 0 Å². The molecule has 0 unspecified atom stereocenters. The van der Waals surface area contributed by atoms with Gasteiger partial charge in [-0.2, -0.15) is 5.10 Å². The minimum atomic E-state index is -0.139. The van der Waals surface area contributed by atoms with Crippen molar-refractivity contribution >= 4 is 22.6 Å². The lowest BCUT2D eigenvalue weighted by atomic mass is 10.1. The molecule has 0 aliphatic carbocycles. The number of para-hydroxylation sites is 1. The molecule has 146 valence electrons. The lowest BCUT2D eigenvalue weighted by molar-refractivity contribution is 0.0941. The molecule has 0 radical (unpaired) electrons. The van der Waals surface area contributed by atoms with E-state index in [1.807, 2.05) is 57.4 Å². The van der Waals surface area contributed by atoms with Crippen molar-refractivity contribution in [3.05, 3.63) is 53.3 Å². The first-order valence-electron chi connectivity index (χ1n) is 9.56. The molecule has 0 saturated carbocycles. The van der Waals surface area contributed by atoms with Crippen LogP contribution >= 0.6 is 0 Å². The van der Waals surface area contributed by atoms with Gasteiger partial charge in [0.1, 0.15) is 5.82 Å². The number of carbonyl (C=O) groups excluding carboxylic acids is 1. The summed E-state index contributed by atoms with van der Waals surface area (Å²) in [4.78, 5) is 20.1. The average Bonchev–Trinajstić information content (AvgIpc) is 3.06. The van der Waals surface area contributed by atoms with Gasteiger partial charge in [-0.15, -0.1) is 0 Å². The molecule has 1 fully saturated rings. The highest BCUT2D eigenvalue weighted by Gasteiger charge is 2.20. The summed E-state index contributed by atoms with van der Waals surface area (Å²) in [6, 6.07) is 9.53. The Bertz CT molecular complexity index is 1010. The van der Waals surface area contributed by atoms with Gasteiger partial charge >= 0.3 is 0 Å². The molecule has 0 bridgehead atoms. The van der Waals surface area contributed by atoms with E-state index in [1.54, 1.807) is 4.68 Å². The maximum atomic E-state index is 13.2. The molecule has 1 aromatic carbocycles. The molecule has 0 spiro atoms. The number of pyridine rings is 1. The van der Waals surface area contributed by atoms with E-state index < -0.39 is 0 Å². The number of morpholine rings is 1. The molecule has 28 heavy (non-hydrogen) atoms. The van der Waals surface area contributed by atoms with Gasteiger partial charge < -0.3 is 15.0 Å². The molecule has 2 aromatic heterocycles. The summed E-state index contributed by atoms with van der Waals surface area (Å²) in [6.45, 7) is 6.83. The molecule has 7 nitrogen and oxygen atoms in total. The van der Waals surface area contributed by atoms with E-state index in [-0.39, 0.29) is 11.9 Å². The quantitative estimate of drug-likeness (QED) is 0.754. The van der Waals surface area contributed by atoms with Crippen molar-refractivity contribution in [2.75, 3.05) is 31.2 Å². The van der Waals surface area contributed by atoms with Crippen LogP contribution < -0.4 is 10.2 Å². The van der Waals surface area contributed by atoms with Crippen molar-refractivity contribution in [2.24, 2.45) is 7.05 Å². The topological polar surface area (TPSA) is 72.3 Å². The maximum absolute atomic E-state index is 13.2. The predicted molar refractivity (Wildman–Crippen MR) is 109 cm³/mol. The summed E-state index contributed by atoms with van der Waals surface area (Å²) < 4.78 is 7.21. The Balaban J connectivity index is 1.67. The highest BCUT2D eigenvalue weighted by atomic mass is 16.5. The molecule has 1 amide bonds. The number of amides is 1. The van der Waals surface area contributed by atoms with Gasteiger partial charge in [0.25, 0.3) is 5.91 Å². The van der Waals surface area contributed by atoms with Crippen LogP contribution in [-0.4, -0.2) is 47.0 Å². The minimum absolute atomic E-state index is 0.108. The number of hydrogen-bond donors (Lipinski definition) is 1. The van der Waals surface area contributed by atoms with Gasteiger partial charge in [-0.05, 0) is 26.0 Å². The Labute approximate surface area is 164 Å². The summed E-state index contributed by atoms with van der Waals surface area (Å²) >= 11 is 0. The number of aromatic nitrogens is 3. The standard InChI is InChI=1S/C21H25N5O2/c1-14(18-13-25(3)24-15(18)2)22-21(27)17-12-20(26-8-10-28-11-9-26)23-19-7-5-4-6-16(17)19/h4-7,12-14H,8-11H2,1-3H3,(H,22,27)/t14-/m1/s1. The first-order valence-corrected chi connectivity index (χ1v) is 9.56. The van der Waals surface area contributed by atoms with Crippen molar-refractivity contribution in [1.29, 1.82) is 0 Å². The fraction of sp³-hybridized carbons (Fsp3) is 0.381. The van der Waals surface area contributed by atoms with Crippen LogP contribution in [0.15, 0.2) is 36.5 Å². The highest BCUT2D eigenvalue weighted by Crippen LogP contribution is 2.25. The van der Waals surface area contributed by atoms with Crippen LogP contribution in [0.5, 0.6) is 0 Å². The number of fused-ring (bicyclic) bond motifs is 1. The van der Waals surface area contributed by atoms with Crippen molar-refractivity contribution < 1.29 is 9.53 Å². The van der Waals surface area contributed by atoms with Crippen LogP contribution in [-0.2, 0) is 11.8 Å². The fourth-order valence-corrected chi connectivity index (χ4v) is 3.70. The number of carbonyl (C=O) groups is 1. The number of anilines is 1. The minimum Gasteiger partial charge on any atom is -0.378 e. The Hall–Kier alpha value is -2.93. The zero-order chi connectivity index (χ0) is 19.7. The third kappa shape index (κ3) is 3.57. The molecular formula is C21H25N5O2. The third-order valence-corrected chi connectivity index (χ3v) is 5.15. The molecule has 3 aromatic rings. The molecule has 1 aliphatic heterocycles. The molecular weight excluding hydrogens is 354 g/mol. The molecule has 1 aliphatic rings. The lowest BCUT2D eigenvalue weighted by Gasteiger charge is -2.28. The van der Waals surface area contributed by atoms with E-state index in [4.69, 9.17) is 9.72 Å². The summed E-state index contributed by atoms with van der Waals surface area (Å²) in [7, 11) is 1.88. The number of rotatable bonds is 4. The van der Waals surface area contributed by atoms with E-state index in [1.165, 1.54) is 0 Å². The van der Waals surface area contributed by atoms with Gasteiger partial charge in [-0.3, -0.25) is 9.48 Å². The van der Waals surface area contributed by atoms with Crippen molar-refractivity contribution in [1.82, 2.24) is 20.1 Å². The zero-order valence-corrected chi connectivity index (χ0v) is 16.5. The van der Waals surface area contributed by atoms with Crippen LogP contribution in [0.3, 0.4) is 0 Å². The highest BCUT2D eigenvalue weighted by molar-refractivity contribution is 6.07. The van der Waals surface area contributed by atoms with Gasteiger partial charge in [-0.25, -0.2) is 4.98 Å². The van der Waals surface area contributed by atoms with E-state index >= 15 is 0 Å². The monoisotopic (exact) mass is 379 g/mol. The van der Waals surface area contributed by atoms with E-state index in [2.05, 4.69) is 15.3 Å². The number of hydrogen-bond acceptors (Lipinski definition) is 5. The van der Waals surface area contributed by atoms with Gasteiger partial charge in [0.05, 0.1) is 36.0 Å². The van der Waals surface area contributed by atoms with Crippen LogP contribution in [0.4, 0.5) is 5.82 Å². The van der Waals surface area contributed by atoms with E-state index in [0.29, 0.717) is 18.8 Å². The Kier molecular flexibility index (Phi) is 5.00. The maximum Gasteiger partial charge on any atom is 0.252 e. The second kappa shape index (κ2) is 7.59. The first-order chi connectivity index (χ1) is 13.5. The number of nitrogens with one attached hydrogen (secondary N) is 1. The number of aryl methyl sites for hydroxylation is 2. The van der Waals surface area contributed by atoms with Crippen LogP contribution in [0, 0.1) is 6.92 Å². The van der Waals surface area contributed by atoms with Crippen molar-refractivity contribution in [3.8, 4) is 0 Å². The van der Waals surface area contributed by atoms with Crippen LogP contribution in [0.2, 0.25) is 0 Å².